The molecule has 114 valence electrons. The zero-order chi connectivity index (χ0) is 14.5. The van der Waals surface area contributed by atoms with Crippen molar-refractivity contribution in [1.29, 1.82) is 0 Å². The fraction of sp³-hybridized carbons (Fsp3) is 0.647. The standard InChI is InChI=1S/C17H23NO2S/c19-21(20,12-13-4-2-1-3-5-13)18-17-9-14-6-15(10-17)8-16(7-14)11-17/h1-5,14-16,18H,6-12H2. The highest BCUT2D eigenvalue weighted by atomic mass is 32.2. The molecule has 0 radical (unpaired) electrons. The van der Waals surface area contributed by atoms with Crippen molar-refractivity contribution in [2.24, 2.45) is 17.8 Å². The van der Waals surface area contributed by atoms with E-state index in [0.717, 1.165) is 42.6 Å². The average Bonchev–Trinajstić information content (AvgIpc) is 2.35. The number of nitrogens with one attached hydrogen (secondary N) is 1. The largest absolute Gasteiger partial charge is 0.216 e. The summed E-state index contributed by atoms with van der Waals surface area (Å²) < 4.78 is 28.3. The van der Waals surface area contributed by atoms with Crippen LogP contribution >= 0.6 is 0 Å². The smallest absolute Gasteiger partial charge is 0.212 e. The molecule has 4 aliphatic rings. The summed E-state index contributed by atoms with van der Waals surface area (Å²) in [6.07, 6.45) is 7.19. The van der Waals surface area contributed by atoms with Gasteiger partial charge in [-0.05, 0) is 61.8 Å². The van der Waals surface area contributed by atoms with Crippen LogP contribution in [0, 0.1) is 17.8 Å². The maximum atomic E-state index is 12.6. The van der Waals surface area contributed by atoms with Gasteiger partial charge in [-0.1, -0.05) is 30.3 Å². The van der Waals surface area contributed by atoms with Gasteiger partial charge in [-0.25, -0.2) is 13.1 Å². The van der Waals surface area contributed by atoms with Gasteiger partial charge in [0.1, 0.15) is 0 Å². The molecule has 4 saturated carbocycles. The molecule has 4 aliphatic carbocycles. The summed E-state index contributed by atoms with van der Waals surface area (Å²) in [5.74, 6) is 2.39. The fourth-order valence-electron chi connectivity index (χ4n) is 5.40. The maximum Gasteiger partial charge on any atom is 0.216 e. The lowest BCUT2D eigenvalue weighted by Gasteiger charge is -2.56. The lowest BCUT2D eigenvalue weighted by molar-refractivity contribution is -0.00811. The average molecular weight is 305 g/mol. The Balaban J connectivity index is 1.52. The molecule has 0 atom stereocenters. The van der Waals surface area contributed by atoms with Crippen molar-refractivity contribution in [2.45, 2.75) is 49.8 Å². The minimum Gasteiger partial charge on any atom is -0.212 e. The summed E-state index contributed by atoms with van der Waals surface area (Å²) in [6, 6.07) is 9.49. The van der Waals surface area contributed by atoms with Crippen molar-refractivity contribution in [3.8, 4) is 0 Å². The maximum absolute atomic E-state index is 12.6. The summed E-state index contributed by atoms with van der Waals surface area (Å²) in [5, 5.41) is 0. The molecule has 0 amide bonds. The second-order valence-corrected chi connectivity index (χ2v) is 9.27. The van der Waals surface area contributed by atoms with E-state index in [1.807, 2.05) is 30.3 Å². The first kappa shape index (κ1) is 13.8. The van der Waals surface area contributed by atoms with Crippen molar-refractivity contribution in [1.82, 2.24) is 4.72 Å². The number of hydrogen-bond donors (Lipinski definition) is 1. The van der Waals surface area contributed by atoms with Crippen LogP contribution in [-0.2, 0) is 15.8 Å². The van der Waals surface area contributed by atoms with Gasteiger partial charge in [-0.2, -0.15) is 0 Å². The van der Waals surface area contributed by atoms with Crippen LogP contribution in [0.25, 0.3) is 0 Å². The Kier molecular flexibility index (Phi) is 3.16. The van der Waals surface area contributed by atoms with Crippen molar-refractivity contribution in [3.05, 3.63) is 35.9 Å². The summed E-state index contributed by atoms with van der Waals surface area (Å²) in [7, 11) is -3.25. The molecule has 0 saturated heterocycles. The Labute approximate surface area is 127 Å². The third-order valence-electron chi connectivity index (χ3n) is 5.61. The highest BCUT2D eigenvalue weighted by Crippen LogP contribution is 2.55. The molecule has 1 aromatic carbocycles. The van der Waals surface area contributed by atoms with Gasteiger partial charge in [0, 0.05) is 5.54 Å². The Morgan fingerprint density at radius 2 is 1.48 bits per heavy atom. The van der Waals surface area contributed by atoms with Crippen LogP contribution in [0.5, 0.6) is 0 Å². The molecule has 0 unspecified atom stereocenters. The first-order valence-electron chi connectivity index (χ1n) is 8.08. The summed E-state index contributed by atoms with van der Waals surface area (Å²) in [4.78, 5) is 0. The van der Waals surface area contributed by atoms with Gasteiger partial charge < -0.3 is 0 Å². The predicted molar refractivity (Wildman–Crippen MR) is 83.1 cm³/mol. The van der Waals surface area contributed by atoms with E-state index in [0.29, 0.717) is 0 Å². The number of hydrogen-bond acceptors (Lipinski definition) is 2. The summed E-state index contributed by atoms with van der Waals surface area (Å²) in [5.41, 5.74) is 0.747. The zero-order valence-electron chi connectivity index (χ0n) is 12.3. The lowest BCUT2D eigenvalue weighted by Crippen LogP contribution is -2.59. The van der Waals surface area contributed by atoms with Crippen molar-refractivity contribution in [2.75, 3.05) is 0 Å². The van der Waals surface area contributed by atoms with Gasteiger partial charge in [0.2, 0.25) is 10.0 Å². The Hall–Kier alpha value is -0.870. The summed E-state index contributed by atoms with van der Waals surface area (Å²) >= 11 is 0. The molecule has 4 fully saturated rings. The van der Waals surface area contributed by atoms with E-state index in [2.05, 4.69) is 4.72 Å². The zero-order valence-corrected chi connectivity index (χ0v) is 13.1. The SMILES string of the molecule is O=S(=O)(Cc1ccccc1)NC12CC3CC(CC(C3)C1)C2. The monoisotopic (exact) mass is 305 g/mol. The van der Waals surface area contributed by atoms with Crippen molar-refractivity contribution in [3.63, 3.8) is 0 Å². The molecular weight excluding hydrogens is 282 g/mol. The Bertz CT molecular complexity index is 588. The number of sulfonamides is 1. The molecule has 4 heteroatoms. The van der Waals surface area contributed by atoms with E-state index in [4.69, 9.17) is 0 Å². The van der Waals surface area contributed by atoms with E-state index in [1.165, 1.54) is 19.3 Å². The van der Waals surface area contributed by atoms with E-state index >= 15 is 0 Å². The van der Waals surface area contributed by atoms with Crippen LogP contribution in [0.3, 0.4) is 0 Å². The van der Waals surface area contributed by atoms with Gasteiger partial charge >= 0.3 is 0 Å². The normalized spacial score (nSPS) is 37.8. The molecule has 1 aromatic rings. The summed E-state index contributed by atoms with van der Waals surface area (Å²) in [6.45, 7) is 0. The molecule has 5 rings (SSSR count). The van der Waals surface area contributed by atoms with Crippen LogP contribution in [0.2, 0.25) is 0 Å². The van der Waals surface area contributed by atoms with E-state index in [1.54, 1.807) is 0 Å². The number of rotatable bonds is 4. The molecule has 21 heavy (non-hydrogen) atoms. The minimum absolute atomic E-state index is 0.107. The first-order valence-corrected chi connectivity index (χ1v) is 9.73. The van der Waals surface area contributed by atoms with Gasteiger partial charge in [0.25, 0.3) is 0 Å². The highest BCUT2D eigenvalue weighted by molar-refractivity contribution is 7.88. The van der Waals surface area contributed by atoms with E-state index in [-0.39, 0.29) is 11.3 Å². The molecule has 0 heterocycles. The molecular formula is C17H23NO2S. The topological polar surface area (TPSA) is 46.2 Å². The van der Waals surface area contributed by atoms with E-state index in [9.17, 15) is 8.42 Å². The Morgan fingerprint density at radius 3 is 2.00 bits per heavy atom. The molecule has 0 aromatic heterocycles. The van der Waals surface area contributed by atoms with Crippen LogP contribution in [-0.4, -0.2) is 14.0 Å². The Morgan fingerprint density at radius 1 is 0.952 bits per heavy atom. The van der Waals surface area contributed by atoms with Crippen LogP contribution in [0.1, 0.15) is 44.1 Å². The predicted octanol–water partition coefficient (Wildman–Crippen LogP) is 3.07. The van der Waals surface area contributed by atoms with Crippen LogP contribution in [0.4, 0.5) is 0 Å². The van der Waals surface area contributed by atoms with Gasteiger partial charge in [-0.15, -0.1) is 0 Å². The second kappa shape index (κ2) is 4.82. The van der Waals surface area contributed by atoms with Crippen molar-refractivity contribution < 1.29 is 8.42 Å². The lowest BCUT2D eigenvalue weighted by atomic mass is 9.53. The van der Waals surface area contributed by atoms with Gasteiger partial charge in [0.05, 0.1) is 5.75 Å². The quantitative estimate of drug-likeness (QED) is 0.929. The van der Waals surface area contributed by atoms with Crippen LogP contribution < -0.4 is 4.72 Å². The molecule has 0 aliphatic heterocycles. The number of benzene rings is 1. The first-order chi connectivity index (χ1) is 10.0. The second-order valence-electron chi connectivity index (χ2n) is 7.54. The molecule has 4 bridgehead atoms. The molecule has 3 nitrogen and oxygen atoms in total. The molecule has 0 spiro atoms. The van der Waals surface area contributed by atoms with Gasteiger partial charge in [-0.3, -0.25) is 0 Å². The minimum atomic E-state index is -3.25. The van der Waals surface area contributed by atoms with E-state index < -0.39 is 10.0 Å². The van der Waals surface area contributed by atoms with Crippen molar-refractivity contribution >= 4 is 10.0 Å². The van der Waals surface area contributed by atoms with Crippen LogP contribution in [0.15, 0.2) is 30.3 Å². The third kappa shape index (κ3) is 2.76. The third-order valence-corrected chi connectivity index (χ3v) is 7.07. The fourth-order valence-corrected chi connectivity index (χ4v) is 7.01. The molecule has 1 N–H and O–H groups in total. The highest BCUT2D eigenvalue weighted by Gasteiger charge is 2.52. The van der Waals surface area contributed by atoms with Gasteiger partial charge in [0.15, 0.2) is 0 Å².